The molecule has 0 unspecified atom stereocenters. The van der Waals surface area contributed by atoms with Gasteiger partial charge in [0.15, 0.2) is 0 Å². The molecule has 0 radical (unpaired) electrons. The number of piperidine rings is 1. The van der Waals surface area contributed by atoms with Crippen LogP contribution in [0.25, 0.3) is 0 Å². The van der Waals surface area contributed by atoms with Gasteiger partial charge >= 0.3 is 6.03 Å². The maximum absolute atomic E-state index is 12.1. The molecule has 0 saturated carbocycles. The van der Waals surface area contributed by atoms with Gasteiger partial charge in [0.25, 0.3) is 0 Å². The van der Waals surface area contributed by atoms with Crippen LogP contribution in [0, 0.1) is 5.92 Å². The van der Waals surface area contributed by atoms with E-state index in [4.69, 9.17) is 5.73 Å². The minimum absolute atomic E-state index is 0.0312. The summed E-state index contributed by atoms with van der Waals surface area (Å²) in [6.45, 7) is 6.84. The molecular formula is C13H24N4O2. The summed E-state index contributed by atoms with van der Waals surface area (Å²) in [4.78, 5) is 27.5. The Bertz CT molecular complexity index is 351. The van der Waals surface area contributed by atoms with Crippen LogP contribution in [-0.4, -0.2) is 60.0 Å². The molecule has 0 bridgehead atoms. The number of carbonyl (C=O) groups excluding carboxylic acids is 2. The Morgan fingerprint density at radius 2 is 1.95 bits per heavy atom. The molecule has 0 aromatic rings. The molecule has 0 spiro atoms. The second-order valence-electron chi connectivity index (χ2n) is 5.75. The van der Waals surface area contributed by atoms with E-state index in [-0.39, 0.29) is 23.9 Å². The van der Waals surface area contributed by atoms with E-state index in [0.717, 1.165) is 25.9 Å². The minimum Gasteiger partial charge on any atom is -0.341 e. The number of nitrogens with two attached hydrogens (primary N) is 1. The van der Waals surface area contributed by atoms with Gasteiger partial charge in [-0.3, -0.25) is 4.79 Å². The van der Waals surface area contributed by atoms with E-state index in [0.29, 0.717) is 13.1 Å². The molecule has 108 valence electrons. The van der Waals surface area contributed by atoms with E-state index in [2.05, 4.69) is 5.32 Å². The summed E-state index contributed by atoms with van der Waals surface area (Å²) in [5.41, 5.74) is 5.90. The van der Waals surface area contributed by atoms with Gasteiger partial charge < -0.3 is 20.9 Å². The number of nitrogens with zero attached hydrogens (tertiary/aromatic N) is 2. The zero-order valence-corrected chi connectivity index (χ0v) is 11.8. The third-order valence-corrected chi connectivity index (χ3v) is 4.11. The van der Waals surface area contributed by atoms with Gasteiger partial charge in [0.2, 0.25) is 5.91 Å². The molecule has 2 fully saturated rings. The predicted octanol–water partition coefficient (Wildman–Crippen LogP) is -0.0141. The molecular weight excluding hydrogens is 244 g/mol. The molecule has 2 rings (SSSR count). The van der Waals surface area contributed by atoms with Crippen LogP contribution in [0.3, 0.4) is 0 Å². The normalized spacial score (nSPS) is 22.8. The van der Waals surface area contributed by atoms with Crippen molar-refractivity contribution in [3.05, 3.63) is 0 Å². The molecule has 2 saturated heterocycles. The molecule has 3 N–H and O–H groups in total. The SMILES string of the molecule is CC(C)[C@@H](N)C(=O)N1CCC(N2CCNC2=O)CC1. The van der Waals surface area contributed by atoms with Crippen molar-refractivity contribution < 1.29 is 9.59 Å². The zero-order chi connectivity index (χ0) is 14.0. The van der Waals surface area contributed by atoms with Gasteiger partial charge in [-0.15, -0.1) is 0 Å². The van der Waals surface area contributed by atoms with Crippen molar-refractivity contribution in [1.29, 1.82) is 0 Å². The Balaban J connectivity index is 1.85. The Morgan fingerprint density at radius 3 is 2.42 bits per heavy atom. The first-order valence-electron chi connectivity index (χ1n) is 7.09. The standard InChI is InChI=1S/C13H24N4O2/c1-9(2)11(14)12(18)16-6-3-10(4-7-16)17-8-5-15-13(17)19/h9-11H,3-8,14H2,1-2H3,(H,15,19)/t11-/m1/s1. The van der Waals surface area contributed by atoms with Crippen molar-refractivity contribution in [1.82, 2.24) is 15.1 Å². The summed E-state index contributed by atoms with van der Waals surface area (Å²) in [6, 6.07) is -0.114. The largest absolute Gasteiger partial charge is 0.341 e. The van der Waals surface area contributed by atoms with Crippen molar-refractivity contribution in [3.63, 3.8) is 0 Å². The van der Waals surface area contributed by atoms with Gasteiger partial charge in [0.05, 0.1) is 6.04 Å². The molecule has 3 amide bonds. The summed E-state index contributed by atoms with van der Waals surface area (Å²) in [5.74, 6) is 0.203. The average Bonchev–Trinajstić information content (AvgIpc) is 2.83. The Kier molecular flexibility index (Phi) is 4.29. The van der Waals surface area contributed by atoms with Crippen LogP contribution < -0.4 is 11.1 Å². The number of rotatable bonds is 3. The maximum Gasteiger partial charge on any atom is 0.317 e. The Hall–Kier alpha value is -1.30. The Labute approximate surface area is 114 Å². The number of hydrogen-bond acceptors (Lipinski definition) is 3. The molecule has 2 aliphatic heterocycles. The number of nitrogens with one attached hydrogen (secondary N) is 1. The van der Waals surface area contributed by atoms with Gasteiger partial charge in [0.1, 0.15) is 0 Å². The molecule has 2 aliphatic rings. The zero-order valence-electron chi connectivity index (χ0n) is 11.8. The van der Waals surface area contributed by atoms with E-state index in [1.165, 1.54) is 0 Å². The van der Waals surface area contributed by atoms with Gasteiger partial charge in [-0.2, -0.15) is 0 Å². The number of urea groups is 1. The smallest absolute Gasteiger partial charge is 0.317 e. The number of hydrogen-bond donors (Lipinski definition) is 2. The van der Waals surface area contributed by atoms with E-state index in [9.17, 15) is 9.59 Å². The van der Waals surface area contributed by atoms with E-state index >= 15 is 0 Å². The van der Waals surface area contributed by atoms with Gasteiger partial charge in [0, 0.05) is 32.2 Å². The van der Waals surface area contributed by atoms with Gasteiger partial charge in [-0.05, 0) is 18.8 Å². The van der Waals surface area contributed by atoms with Crippen LogP contribution in [0.5, 0.6) is 0 Å². The lowest BCUT2D eigenvalue weighted by Crippen LogP contribution is -2.52. The second kappa shape index (κ2) is 5.77. The summed E-state index contributed by atoms with van der Waals surface area (Å²) >= 11 is 0. The minimum atomic E-state index is -0.411. The molecule has 1 atom stereocenters. The molecule has 19 heavy (non-hydrogen) atoms. The monoisotopic (exact) mass is 268 g/mol. The van der Waals surface area contributed by atoms with Crippen molar-refractivity contribution in [2.75, 3.05) is 26.2 Å². The molecule has 0 aromatic carbocycles. The number of amides is 3. The van der Waals surface area contributed by atoms with Gasteiger partial charge in [-0.25, -0.2) is 4.79 Å². The fourth-order valence-electron chi connectivity index (χ4n) is 2.73. The van der Waals surface area contributed by atoms with E-state index in [1.807, 2.05) is 23.6 Å². The quantitative estimate of drug-likeness (QED) is 0.755. The Morgan fingerprint density at radius 1 is 1.32 bits per heavy atom. The van der Waals surface area contributed by atoms with Crippen molar-refractivity contribution in [3.8, 4) is 0 Å². The molecule has 0 aromatic heterocycles. The number of carbonyl (C=O) groups is 2. The summed E-state index contributed by atoms with van der Waals surface area (Å²) in [7, 11) is 0. The third kappa shape index (κ3) is 3.00. The first kappa shape index (κ1) is 14.1. The average molecular weight is 268 g/mol. The van der Waals surface area contributed by atoms with Crippen LogP contribution in [0.4, 0.5) is 4.79 Å². The van der Waals surface area contributed by atoms with Crippen molar-refractivity contribution in [2.24, 2.45) is 11.7 Å². The first-order chi connectivity index (χ1) is 9.00. The topological polar surface area (TPSA) is 78.7 Å². The lowest BCUT2D eigenvalue weighted by molar-refractivity contribution is -0.134. The van der Waals surface area contributed by atoms with Crippen LogP contribution >= 0.6 is 0 Å². The molecule has 2 heterocycles. The summed E-state index contributed by atoms with van der Waals surface area (Å²) in [6.07, 6.45) is 1.70. The predicted molar refractivity (Wildman–Crippen MR) is 72.5 cm³/mol. The summed E-state index contributed by atoms with van der Waals surface area (Å²) < 4.78 is 0. The maximum atomic E-state index is 12.1. The van der Waals surface area contributed by atoms with Crippen LogP contribution in [0.1, 0.15) is 26.7 Å². The fourth-order valence-corrected chi connectivity index (χ4v) is 2.73. The second-order valence-corrected chi connectivity index (χ2v) is 5.75. The van der Waals surface area contributed by atoms with Crippen LogP contribution in [0.15, 0.2) is 0 Å². The van der Waals surface area contributed by atoms with Crippen LogP contribution in [0.2, 0.25) is 0 Å². The highest BCUT2D eigenvalue weighted by Crippen LogP contribution is 2.19. The third-order valence-electron chi connectivity index (χ3n) is 4.11. The van der Waals surface area contributed by atoms with E-state index in [1.54, 1.807) is 0 Å². The highest BCUT2D eigenvalue weighted by molar-refractivity contribution is 5.82. The lowest BCUT2D eigenvalue weighted by Gasteiger charge is -2.37. The highest BCUT2D eigenvalue weighted by atomic mass is 16.2. The van der Waals surface area contributed by atoms with Crippen LogP contribution in [-0.2, 0) is 4.79 Å². The van der Waals surface area contributed by atoms with Crippen molar-refractivity contribution >= 4 is 11.9 Å². The van der Waals surface area contributed by atoms with Gasteiger partial charge in [-0.1, -0.05) is 13.8 Å². The summed E-state index contributed by atoms with van der Waals surface area (Å²) in [5, 5.41) is 2.82. The van der Waals surface area contributed by atoms with E-state index < -0.39 is 6.04 Å². The molecule has 0 aliphatic carbocycles. The number of likely N-dealkylation sites (tertiary alicyclic amines) is 1. The fraction of sp³-hybridized carbons (Fsp3) is 0.846. The highest BCUT2D eigenvalue weighted by Gasteiger charge is 2.33. The first-order valence-corrected chi connectivity index (χ1v) is 7.09. The van der Waals surface area contributed by atoms with Crippen molar-refractivity contribution in [2.45, 2.75) is 38.8 Å². The molecule has 6 heteroatoms. The molecule has 6 nitrogen and oxygen atoms in total. The lowest BCUT2D eigenvalue weighted by atomic mass is 9.99.